The van der Waals surface area contributed by atoms with Crippen LogP contribution in [-0.4, -0.2) is 37.2 Å². The SMILES string of the molecule is CC/C=C\C/C=C\C/C=C\C/C=C\C/C=C\CCCCCC(=O)OCC(COC(=O)CCCCCCCCCC/C=C\C/C=C\C/C=C\CCCCCCC)OC(=O)CCCCCCCCCCCCCCCCCCCCCCC. The smallest absolute Gasteiger partial charge is 0.306 e. The lowest BCUT2D eigenvalue weighted by Gasteiger charge is -2.18. The number of esters is 3. The number of hydrogen-bond acceptors (Lipinski definition) is 6. The molecule has 0 aromatic carbocycles. The van der Waals surface area contributed by atoms with E-state index in [-0.39, 0.29) is 31.1 Å². The normalized spacial score (nSPS) is 12.7. The van der Waals surface area contributed by atoms with E-state index < -0.39 is 6.10 Å². The molecular formula is C75H130O6. The topological polar surface area (TPSA) is 78.9 Å². The predicted molar refractivity (Wildman–Crippen MR) is 353 cm³/mol. The molecule has 81 heavy (non-hydrogen) atoms. The lowest BCUT2D eigenvalue weighted by molar-refractivity contribution is -0.167. The average Bonchev–Trinajstić information content (AvgIpc) is 3.47. The van der Waals surface area contributed by atoms with E-state index in [1.807, 2.05) is 0 Å². The summed E-state index contributed by atoms with van der Waals surface area (Å²) in [7, 11) is 0. The molecule has 0 spiro atoms. The number of hydrogen-bond donors (Lipinski definition) is 0. The Morgan fingerprint density at radius 1 is 0.259 bits per heavy atom. The van der Waals surface area contributed by atoms with E-state index in [0.717, 1.165) is 116 Å². The third-order valence-electron chi connectivity index (χ3n) is 15.1. The van der Waals surface area contributed by atoms with Crippen LogP contribution in [0.2, 0.25) is 0 Å². The van der Waals surface area contributed by atoms with Crippen molar-refractivity contribution in [3.8, 4) is 0 Å². The highest BCUT2D eigenvalue weighted by atomic mass is 16.6. The van der Waals surface area contributed by atoms with Crippen molar-refractivity contribution in [2.24, 2.45) is 0 Å². The average molecular weight is 1130 g/mol. The van der Waals surface area contributed by atoms with E-state index in [2.05, 4.69) is 118 Å². The van der Waals surface area contributed by atoms with Crippen molar-refractivity contribution in [1.82, 2.24) is 0 Å². The maximum Gasteiger partial charge on any atom is 0.306 e. The van der Waals surface area contributed by atoms with Gasteiger partial charge in [0.05, 0.1) is 0 Å². The fraction of sp³-hybridized carbons (Fsp3) is 0.747. The van der Waals surface area contributed by atoms with Gasteiger partial charge in [0.15, 0.2) is 6.10 Å². The molecular weight excluding hydrogens is 997 g/mol. The van der Waals surface area contributed by atoms with Crippen molar-refractivity contribution >= 4 is 17.9 Å². The van der Waals surface area contributed by atoms with E-state index >= 15 is 0 Å². The van der Waals surface area contributed by atoms with Crippen LogP contribution in [0.15, 0.2) is 97.2 Å². The highest BCUT2D eigenvalue weighted by Gasteiger charge is 2.19. The van der Waals surface area contributed by atoms with Gasteiger partial charge in [0.2, 0.25) is 0 Å². The quantitative estimate of drug-likeness (QED) is 0.0261. The Morgan fingerprint density at radius 3 is 0.765 bits per heavy atom. The summed E-state index contributed by atoms with van der Waals surface area (Å²) in [5, 5.41) is 0. The number of rotatable bonds is 63. The lowest BCUT2D eigenvalue weighted by atomic mass is 10.0. The van der Waals surface area contributed by atoms with Crippen molar-refractivity contribution in [2.45, 2.75) is 348 Å². The first kappa shape index (κ1) is 77.3. The van der Waals surface area contributed by atoms with Gasteiger partial charge < -0.3 is 14.2 Å². The van der Waals surface area contributed by atoms with Gasteiger partial charge in [-0.25, -0.2) is 0 Å². The molecule has 0 fully saturated rings. The summed E-state index contributed by atoms with van der Waals surface area (Å²) < 4.78 is 17.0. The second-order valence-electron chi connectivity index (χ2n) is 23.1. The molecule has 0 radical (unpaired) electrons. The van der Waals surface area contributed by atoms with Crippen molar-refractivity contribution in [2.75, 3.05) is 13.2 Å². The zero-order chi connectivity index (χ0) is 58.5. The molecule has 0 saturated heterocycles. The van der Waals surface area contributed by atoms with Crippen LogP contribution in [0, 0.1) is 0 Å². The molecule has 0 amide bonds. The monoisotopic (exact) mass is 1130 g/mol. The number of unbranched alkanes of at least 4 members (excludes halogenated alkanes) is 36. The minimum absolute atomic E-state index is 0.0900. The van der Waals surface area contributed by atoms with E-state index in [1.165, 1.54) is 186 Å². The van der Waals surface area contributed by atoms with Crippen molar-refractivity contribution in [3.63, 3.8) is 0 Å². The van der Waals surface area contributed by atoms with Gasteiger partial charge in [0, 0.05) is 19.3 Å². The van der Waals surface area contributed by atoms with Gasteiger partial charge in [-0.15, -0.1) is 0 Å². The van der Waals surface area contributed by atoms with Crippen LogP contribution < -0.4 is 0 Å². The molecule has 0 aromatic heterocycles. The third-order valence-corrected chi connectivity index (χ3v) is 15.1. The molecule has 0 rings (SSSR count). The Labute approximate surface area is 502 Å². The third kappa shape index (κ3) is 67.0. The summed E-state index contributed by atoms with van der Waals surface area (Å²) in [5.74, 6) is -0.913. The number of carbonyl (C=O) groups is 3. The van der Waals surface area contributed by atoms with Crippen LogP contribution in [0.1, 0.15) is 342 Å². The summed E-state index contributed by atoms with van der Waals surface area (Å²) in [6.45, 7) is 6.53. The maximum atomic E-state index is 13.0. The van der Waals surface area contributed by atoms with Crippen LogP contribution >= 0.6 is 0 Å². The van der Waals surface area contributed by atoms with Gasteiger partial charge in [0.1, 0.15) is 13.2 Å². The Morgan fingerprint density at radius 2 is 0.481 bits per heavy atom. The van der Waals surface area contributed by atoms with Crippen LogP contribution in [0.25, 0.3) is 0 Å². The number of carbonyl (C=O) groups excluding carboxylic acids is 3. The maximum absolute atomic E-state index is 13.0. The molecule has 1 unspecified atom stereocenters. The van der Waals surface area contributed by atoms with Crippen molar-refractivity contribution < 1.29 is 28.6 Å². The van der Waals surface area contributed by atoms with Crippen LogP contribution in [-0.2, 0) is 28.6 Å². The molecule has 0 aliphatic carbocycles. The van der Waals surface area contributed by atoms with E-state index in [0.29, 0.717) is 19.3 Å². The van der Waals surface area contributed by atoms with Gasteiger partial charge in [-0.1, -0.05) is 317 Å². The van der Waals surface area contributed by atoms with E-state index in [4.69, 9.17) is 14.2 Å². The number of ether oxygens (including phenoxy) is 3. The molecule has 0 heterocycles. The lowest BCUT2D eigenvalue weighted by Crippen LogP contribution is -2.30. The largest absolute Gasteiger partial charge is 0.462 e. The van der Waals surface area contributed by atoms with Gasteiger partial charge >= 0.3 is 17.9 Å². The van der Waals surface area contributed by atoms with E-state index in [9.17, 15) is 14.4 Å². The molecule has 1 atom stereocenters. The van der Waals surface area contributed by atoms with Gasteiger partial charge in [-0.2, -0.15) is 0 Å². The minimum atomic E-state index is -0.796. The summed E-state index contributed by atoms with van der Waals surface area (Å²) in [6.07, 6.45) is 92.8. The van der Waals surface area contributed by atoms with Gasteiger partial charge in [0.25, 0.3) is 0 Å². The fourth-order valence-corrected chi connectivity index (χ4v) is 9.89. The molecule has 0 bridgehead atoms. The predicted octanol–water partition coefficient (Wildman–Crippen LogP) is 24.0. The van der Waals surface area contributed by atoms with Crippen LogP contribution in [0.4, 0.5) is 0 Å². The Hall–Kier alpha value is -3.67. The zero-order valence-electron chi connectivity index (χ0n) is 53.5. The summed E-state index contributed by atoms with van der Waals surface area (Å²) in [4.78, 5) is 38.5. The first-order valence-electron chi connectivity index (χ1n) is 34.7. The van der Waals surface area contributed by atoms with Gasteiger partial charge in [-0.05, 0) is 103 Å². The highest BCUT2D eigenvalue weighted by molar-refractivity contribution is 5.71. The molecule has 0 saturated carbocycles. The molecule has 6 heteroatoms. The molecule has 6 nitrogen and oxygen atoms in total. The second-order valence-corrected chi connectivity index (χ2v) is 23.1. The summed E-state index contributed by atoms with van der Waals surface area (Å²) in [5.41, 5.74) is 0. The summed E-state index contributed by atoms with van der Waals surface area (Å²) in [6, 6.07) is 0. The standard InChI is InChI=1S/C75H130O6/c1-4-7-10-13-16-19-22-25-28-31-34-36-37-39-41-44-47-50-53-56-59-62-65-68-74(77)80-71-72(70-79-73(76)67-64-61-58-55-52-49-46-43-40-33-30-27-24-21-18-15-12-9-6-3)81-75(78)69-66-63-60-57-54-51-48-45-42-38-35-32-29-26-23-20-17-14-11-8-5-2/h9,12,18,21-22,25,27,30-31,34,37,39-40,43,49,52,72H,4-8,10-11,13-17,19-20,23-24,26,28-29,32-33,35-36,38,41-42,44-48,50-51,53-71H2,1-3H3/b12-9-,21-18-,25-22-,30-27-,34-31-,39-37-,43-40-,52-49-. The fourth-order valence-electron chi connectivity index (χ4n) is 9.89. The Bertz CT molecular complexity index is 1580. The minimum Gasteiger partial charge on any atom is -0.462 e. The summed E-state index contributed by atoms with van der Waals surface area (Å²) >= 11 is 0. The Kier molecular flexibility index (Phi) is 65.7. The van der Waals surface area contributed by atoms with E-state index in [1.54, 1.807) is 0 Å². The molecule has 0 aromatic rings. The Balaban J connectivity index is 4.42. The first-order chi connectivity index (χ1) is 40.0. The van der Waals surface area contributed by atoms with Gasteiger partial charge in [-0.3, -0.25) is 14.4 Å². The first-order valence-corrected chi connectivity index (χ1v) is 34.7. The second kappa shape index (κ2) is 68.8. The molecule has 0 aliphatic rings. The van der Waals surface area contributed by atoms with Crippen molar-refractivity contribution in [1.29, 1.82) is 0 Å². The molecule has 0 aliphatic heterocycles. The van der Waals surface area contributed by atoms with Crippen molar-refractivity contribution in [3.05, 3.63) is 97.2 Å². The number of allylic oxidation sites excluding steroid dienone is 16. The van der Waals surface area contributed by atoms with Crippen LogP contribution in [0.3, 0.4) is 0 Å². The van der Waals surface area contributed by atoms with Crippen LogP contribution in [0.5, 0.6) is 0 Å². The zero-order valence-corrected chi connectivity index (χ0v) is 53.5. The molecule has 0 N–H and O–H groups in total. The molecule has 466 valence electrons. The highest BCUT2D eigenvalue weighted by Crippen LogP contribution is 2.17.